The van der Waals surface area contributed by atoms with Crippen molar-refractivity contribution in [1.82, 2.24) is 5.06 Å². The van der Waals surface area contributed by atoms with E-state index in [1.54, 1.807) is 13.1 Å². The number of nitro benzene ring substituents is 1. The van der Waals surface area contributed by atoms with Crippen molar-refractivity contribution in [3.8, 4) is 0 Å². The maximum Gasteiger partial charge on any atom is 0.270 e. The van der Waals surface area contributed by atoms with Gasteiger partial charge < -0.3 is 0 Å². The molecule has 1 aromatic carbocycles. The third-order valence-electron chi connectivity index (χ3n) is 3.19. The minimum absolute atomic E-state index is 0.111. The van der Waals surface area contributed by atoms with Crippen molar-refractivity contribution in [2.45, 2.75) is 18.8 Å². The van der Waals surface area contributed by atoms with Crippen molar-refractivity contribution in [3.63, 3.8) is 0 Å². The van der Waals surface area contributed by atoms with Crippen LogP contribution in [0, 0.1) is 10.1 Å². The monoisotopic (exact) mass is 248 g/mol. The molecule has 96 valence electrons. The summed E-state index contributed by atoms with van der Waals surface area (Å²) in [5.41, 5.74) is 2.48. The van der Waals surface area contributed by atoms with Gasteiger partial charge in [0.15, 0.2) is 0 Å². The topological polar surface area (TPSA) is 55.6 Å². The molecule has 0 aromatic heterocycles. The van der Waals surface area contributed by atoms with Crippen LogP contribution in [0.1, 0.15) is 29.9 Å². The largest absolute Gasteiger partial charge is 0.277 e. The van der Waals surface area contributed by atoms with E-state index in [-0.39, 0.29) is 10.6 Å². The second-order valence-electron chi connectivity index (χ2n) is 4.47. The lowest BCUT2D eigenvalue weighted by molar-refractivity contribution is -0.384. The van der Waals surface area contributed by atoms with Crippen molar-refractivity contribution in [2.75, 3.05) is 14.2 Å². The molecule has 1 saturated carbocycles. The lowest BCUT2D eigenvalue weighted by Gasteiger charge is -2.19. The predicted molar refractivity (Wildman–Crippen MR) is 68.9 cm³/mol. The van der Waals surface area contributed by atoms with E-state index in [1.165, 1.54) is 18.2 Å². The highest BCUT2D eigenvalue weighted by molar-refractivity contribution is 5.64. The Morgan fingerprint density at radius 3 is 2.67 bits per heavy atom. The van der Waals surface area contributed by atoms with E-state index in [2.05, 4.69) is 6.58 Å². The Kier molecular flexibility index (Phi) is 3.34. The maximum atomic E-state index is 10.9. The van der Waals surface area contributed by atoms with Gasteiger partial charge in [-0.05, 0) is 30.4 Å². The molecule has 1 aliphatic rings. The van der Waals surface area contributed by atoms with Gasteiger partial charge in [-0.1, -0.05) is 6.58 Å². The lowest BCUT2D eigenvalue weighted by Crippen LogP contribution is -2.14. The van der Waals surface area contributed by atoms with Crippen LogP contribution >= 0.6 is 0 Å². The van der Waals surface area contributed by atoms with Crippen LogP contribution in [0.25, 0.3) is 5.70 Å². The predicted octanol–water partition coefficient (Wildman–Crippen LogP) is 2.94. The molecule has 0 N–H and O–H groups in total. The van der Waals surface area contributed by atoms with Crippen molar-refractivity contribution in [2.24, 2.45) is 0 Å². The molecule has 0 spiro atoms. The summed E-state index contributed by atoms with van der Waals surface area (Å²) in [7, 11) is 3.25. The highest BCUT2D eigenvalue weighted by Crippen LogP contribution is 2.42. The Morgan fingerprint density at radius 1 is 1.50 bits per heavy atom. The second kappa shape index (κ2) is 4.78. The van der Waals surface area contributed by atoms with E-state index in [0.717, 1.165) is 24.0 Å². The number of non-ortho nitro benzene ring substituents is 1. The van der Waals surface area contributed by atoms with Crippen LogP contribution in [0.5, 0.6) is 0 Å². The average molecular weight is 248 g/mol. The molecule has 0 radical (unpaired) electrons. The molecule has 2 rings (SSSR count). The van der Waals surface area contributed by atoms with Gasteiger partial charge in [-0.15, -0.1) is 0 Å². The van der Waals surface area contributed by atoms with Crippen LogP contribution in [-0.4, -0.2) is 24.1 Å². The van der Waals surface area contributed by atoms with E-state index >= 15 is 0 Å². The van der Waals surface area contributed by atoms with Crippen LogP contribution < -0.4 is 0 Å². The van der Waals surface area contributed by atoms with Crippen molar-refractivity contribution >= 4 is 11.4 Å². The van der Waals surface area contributed by atoms with Gasteiger partial charge in [0.2, 0.25) is 0 Å². The highest BCUT2D eigenvalue weighted by Gasteiger charge is 2.26. The number of nitrogens with zero attached hydrogens (tertiary/aromatic N) is 2. The number of hydrogen-bond donors (Lipinski definition) is 0. The van der Waals surface area contributed by atoms with Gasteiger partial charge in [0.1, 0.15) is 0 Å². The molecular weight excluding hydrogens is 232 g/mol. The normalized spacial score (nSPS) is 14.3. The highest BCUT2D eigenvalue weighted by atomic mass is 16.7. The summed E-state index contributed by atoms with van der Waals surface area (Å²) in [6.45, 7) is 3.90. The fraction of sp³-hybridized carbons (Fsp3) is 0.385. The molecule has 0 amide bonds. The quantitative estimate of drug-likeness (QED) is 0.594. The zero-order valence-corrected chi connectivity index (χ0v) is 10.5. The Labute approximate surface area is 106 Å². The van der Waals surface area contributed by atoms with Crippen LogP contribution in [0.4, 0.5) is 5.69 Å². The molecule has 0 bridgehead atoms. The fourth-order valence-electron chi connectivity index (χ4n) is 1.85. The van der Waals surface area contributed by atoms with Crippen LogP contribution in [-0.2, 0) is 4.84 Å². The summed E-state index contributed by atoms with van der Waals surface area (Å²) in [6, 6.07) is 5.15. The molecule has 5 heteroatoms. The molecule has 0 atom stereocenters. The fourth-order valence-corrected chi connectivity index (χ4v) is 1.85. The summed E-state index contributed by atoms with van der Waals surface area (Å²) < 4.78 is 0. The Bertz CT molecular complexity index is 495. The standard InChI is InChI=1S/C13H16N2O3/c1-9(14(2)18-3)11-6-12(10-4-5-10)8-13(7-11)15(16)17/h6-8,10H,1,4-5H2,2-3H3. The third-order valence-corrected chi connectivity index (χ3v) is 3.19. The van der Waals surface area contributed by atoms with Gasteiger partial charge in [-0.25, -0.2) is 0 Å². The van der Waals surface area contributed by atoms with E-state index in [4.69, 9.17) is 4.84 Å². The van der Waals surface area contributed by atoms with Gasteiger partial charge in [-0.3, -0.25) is 20.0 Å². The zero-order valence-electron chi connectivity index (χ0n) is 10.5. The molecule has 18 heavy (non-hydrogen) atoms. The first-order valence-corrected chi connectivity index (χ1v) is 5.79. The summed E-state index contributed by atoms with van der Waals surface area (Å²) in [5, 5.41) is 12.4. The molecule has 0 saturated heterocycles. The molecule has 1 aromatic rings. The molecule has 0 heterocycles. The van der Waals surface area contributed by atoms with E-state index in [1.807, 2.05) is 6.07 Å². The number of hydroxylamine groups is 2. The SMILES string of the molecule is C=C(c1cc(C2CC2)cc([N+](=O)[O-])c1)N(C)OC. The molecule has 1 aliphatic carbocycles. The first-order chi connectivity index (χ1) is 8.52. The van der Waals surface area contributed by atoms with Gasteiger partial charge in [0, 0.05) is 24.7 Å². The third kappa shape index (κ3) is 2.51. The van der Waals surface area contributed by atoms with Gasteiger partial charge in [-0.2, -0.15) is 0 Å². The first-order valence-electron chi connectivity index (χ1n) is 5.79. The van der Waals surface area contributed by atoms with Crippen LogP contribution in [0.15, 0.2) is 24.8 Å². The van der Waals surface area contributed by atoms with E-state index in [0.29, 0.717) is 11.6 Å². The molecule has 0 unspecified atom stereocenters. The summed E-state index contributed by atoms with van der Waals surface area (Å²) >= 11 is 0. The number of rotatable bonds is 5. The Hall–Kier alpha value is -1.88. The Morgan fingerprint density at radius 2 is 2.17 bits per heavy atom. The van der Waals surface area contributed by atoms with Crippen molar-refractivity contribution in [3.05, 3.63) is 46.0 Å². The maximum absolute atomic E-state index is 10.9. The molecular formula is C13H16N2O3. The van der Waals surface area contributed by atoms with Gasteiger partial charge in [0.25, 0.3) is 5.69 Å². The number of hydrogen-bond acceptors (Lipinski definition) is 4. The van der Waals surface area contributed by atoms with Crippen molar-refractivity contribution in [1.29, 1.82) is 0 Å². The molecule has 1 fully saturated rings. The Balaban J connectivity index is 2.39. The minimum atomic E-state index is -0.366. The lowest BCUT2D eigenvalue weighted by atomic mass is 10.0. The molecule has 5 nitrogen and oxygen atoms in total. The van der Waals surface area contributed by atoms with E-state index < -0.39 is 0 Å². The number of benzene rings is 1. The summed E-state index contributed by atoms with van der Waals surface area (Å²) in [4.78, 5) is 15.6. The van der Waals surface area contributed by atoms with Crippen LogP contribution in [0.3, 0.4) is 0 Å². The summed E-state index contributed by atoms with van der Waals surface area (Å²) in [6.07, 6.45) is 2.21. The first kappa shape index (κ1) is 12.6. The van der Waals surface area contributed by atoms with Crippen molar-refractivity contribution < 1.29 is 9.76 Å². The van der Waals surface area contributed by atoms with Gasteiger partial charge in [0.05, 0.1) is 17.7 Å². The van der Waals surface area contributed by atoms with Crippen LogP contribution in [0.2, 0.25) is 0 Å². The second-order valence-corrected chi connectivity index (χ2v) is 4.47. The average Bonchev–Trinajstić information content (AvgIpc) is 3.20. The zero-order chi connectivity index (χ0) is 13.3. The minimum Gasteiger partial charge on any atom is -0.277 e. The smallest absolute Gasteiger partial charge is 0.270 e. The van der Waals surface area contributed by atoms with E-state index in [9.17, 15) is 10.1 Å². The van der Waals surface area contributed by atoms with Gasteiger partial charge >= 0.3 is 0 Å². The molecule has 0 aliphatic heterocycles. The summed E-state index contributed by atoms with van der Waals surface area (Å²) in [5.74, 6) is 0.462. The number of nitro groups is 1.